The smallest absolute Gasteiger partial charge is 0.278 e. The summed E-state index contributed by atoms with van der Waals surface area (Å²) in [6, 6.07) is 0. The van der Waals surface area contributed by atoms with Gasteiger partial charge in [-0.3, -0.25) is 0 Å². The van der Waals surface area contributed by atoms with E-state index in [1.54, 1.807) is 0 Å². The molecule has 0 aliphatic heterocycles. The van der Waals surface area contributed by atoms with Crippen LogP contribution in [-0.4, -0.2) is 19.1 Å². The van der Waals surface area contributed by atoms with Gasteiger partial charge in [0.1, 0.15) is 0 Å². The fraction of sp³-hybridized carbons (Fsp3) is 1.00. The molecular weight excluding hydrogens is 143 g/mol. The first kappa shape index (κ1) is 9.75. The van der Waals surface area contributed by atoms with Crippen molar-refractivity contribution in [1.29, 1.82) is 0 Å². The van der Waals surface area contributed by atoms with E-state index < -0.39 is 18.5 Å². The lowest BCUT2D eigenvalue weighted by atomic mass is 10.0. The Morgan fingerprint density at radius 2 is 2.00 bits per heavy atom. The average Bonchev–Trinajstić information content (AvgIpc) is 1.89. The number of hydrogen-bond acceptors (Lipinski definition) is 1. The van der Waals surface area contributed by atoms with Gasteiger partial charge in [-0.2, -0.15) is 0 Å². The van der Waals surface area contributed by atoms with E-state index in [9.17, 15) is 13.2 Å². The number of alkyl halides is 3. The molecule has 2 N–H and O–H groups in total. The third-order valence-corrected chi connectivity index (χ3v) is 1.50. The third kappa shape index (κ3) is 2.56. The highest BCUT2D eigenvalue weighted by molar-refractivity contribution is 4.72. The summed E-state index contributed by atoms with van der Waals surface area (Å²) in [5, 5.41) is 0. The lowest BCUT2D eigenvalue weighted by Gasteiger charge is -2.19. The molecule has 0 aromatic rings. The highest BCUT2D eigenvalue weighted by Crippen LogP contribution is 2.26. The largest absolute Gasteiger partial charge is 0.330 e. The minimum absolute atomic E-state index is 0.164. The van der Waals surface area contributed by atoms with Gasteiger partial charge in [0.2, 0.25) is 0 Å². The molecule has 0 aliphatic rings. The summed E-state index contributed by atoms with van der Waals surface area (Å²) in [7, 11) is 0. The summed E-state index contributed by atoms with van der Waals surface area (Å²) in [6.45, 7) is -0.114. The van der Waals surface area contributed by atoms with Gasteiger partial charge in [-0.15, -0.1) is 0 Å². The van der Waals surface area contributed by atoms with Crippen LogP contribution in [0.4, 0.5) is 13.2 Å². The molecule has 0 saturated heterocycles. The SMILES string of the molecule is CC(CCN)C(F)(F)CF. The summed E-state index contributed by atoms with van der Waals surface area (Å²) in [6.07, 6.45) is 0.164. The predicted molar refractivity (Wildman–Crippen MR) is 33.8 cm³/mol. The normalized spacial score (nSPS) is 15.3. The zero-order chi connectivity index (χ0) is 8.20. The van der Waals surface area contributed by atoms with E-state index in [1.807, 2.05) is 0 Å². The molecule has 62 valence electrons. The highest BCUT2D eigenvalue weighted by Gasteiger charge is 2.35. The summed E-state index contributed by atoms with van der Waals surface area (Å²) in [5.41, 5.74) is 5.03. The van der Waals surface area contributed by atoms with Crippen LogP contribution in [0, 0.1) is 5.92 Å². The molecule has 0 heterocycles. The van der Waals surface area contributed by atoms with Crippen molar-refractivity contribution in [1.82, 2.24) is 0 Å². The van der Waals surface area contributed by atoms with Gasteiger partial charge >= 0.3 is 0 Å². The molecular formula is C6H12F3N. The van der Waals surface area contributed by atoms with Crippen molar-refractivity contribution in [2.45, 2.75) is 19.3 Å². The lowest BCUT2D eigenvalue weighted by Crippen LogP contribution is -2.30. The molecule has 0 rings (SSSR count). The summed E-state index contributed by atoms with van der Waals surface area (Å²) < 4.78 is 36.2. The molecule has 0 aromatic carbocycles. The Morgan fingerprint density at radius 1 is 1.50 bits per heavy atom. The first-order valence-corrected chi connectivity index (χ1v) is 3.18. The monoisotopic (exact) mass is 155 g/mol. The average molecular weight is 155 g/mol. The maximum absolute atomic E-state index is 12.3. The first-order valence-electron chi connectivity index (χ1n) is 3.18. The van der Waals surface area contributed by atoms with Crippen LogP contribution in [0.5, 0.6) is 0 Å². The predicted octanol–water partition coefficient (Wildman–Crippen LogP) is 1.58. The maximum Gasteiger partial charge on any atom is 0.278 e. The van der Waals surface area contributed by atoms with E-state index in [0.29, 0.717) is 0 Å². The van der Waals surface area contributed by atoms with Gasteiger partial charge in [0.05, 0.1) is 0 Å². The van der Waals surface area contributed by atoms with Crippen molar-refractivity contribution in [3.05, 3.63) is 0 Å². The van der Waals surface area contributed by atoms with Crippen LogP contribution in [-0.2, 0) is 0 Å². The zero-order valence-electron chi connectivity index (χ0n) is 5.91. The zero-order valence-corrected chi connectivity index (χ0v) is 5.91. The molecule has 0 radical (unpaired) electrons. The van der Waals surface area contributed by atoms with Crippen molar-refractivity contribution < 1.29 is 13.2 Å². The van der Waals surface area contributed by atoms with Crippen LogP contribution in [0.3, 0.4) is 0 Å². The van der Waals surface area contributed by atoms with Crippen molar-refractivity contribution in [3.63, 3.8) is 0 Å². The molecule has 10 heavy (non-hydrogen) atoms. The Hall–Kier alpha value is -0.250. The van der Waals surface area contributed by atoms with Crippen LogP contribution in [0.25, 0.3) is 0 Å². The maximum atomic E-state index is 12.3. The van der Waals surface area contributed by atoms with E-state index in [2.05, 4.69) is 0 Å². The van der Waals surface area contributed by atoms with Crippen LogP contribution in [0.15, 0.2) is 0 Å². The van der Waals surface area contributed by atoms with E-state index in [1.165, 1.54) is 6.92 Å². The quantitative estimate of drug-likeness (QED) is 0.655. The second kappa shape index (κ2) is 3.81. The number of nitrogens with two attached hydrogens (primary N) is 1. The molecule has 4 heteroatoms. The topological polar surface area (TPSA) is 26.0 Å². The molecule has 0 fully saturated rings. The number of rotatable bonds is 4. The summed E-state index contributed by atoms with van der Waals surface area (Å²) in [4.78, 5) is 0. The molecule has 0 aromatic heterocycles. The Bertz CT molecular complexity index is 95.0. The Morgan fingerprint density at radius 3 is 2.30 bits per heavy atom. The highest BCUT2D eigenvalue weighted by atomic mass is 19.3. The van der Waals surface area contributed by atoms with Gasteiger partial charge in [-0.1, -0.05) is 6.92 Å². The Labute approximate surface area is 58.4 Å². The summed E-state index contributed by atoms with van der Waals surface area (Å²) >= 11 is 0. The fourth-order valence-corrected chi connectivity index (χ4v) is 0.593. The van der Waals surface area contributed by atoms with Crippen molar-refractivity contribution >= 4 is 0 Å². The summed E-state index contributed by atoms with van der Waals surface area (Å²) in [5.74, 6) is -4.15. The first-order chi connectivity index (χ1) is 4.54. The molecule has 0 amide bonds. The second-order valence-electron chi connectivity index (χ2n) is 2.37. The van der Waals surface area contributed by atoms with Crippen molar-refractivity contribution in [2.24, 2.45) is 11.7 Å². The van der Waals surface area contributed by atoms with E-state index in [0.717, 1.165) is 0 Å². The van der Waals surface area contributed by atoms with E-state index >= 15 is 0 Å². The molecule has 1 nitrogen and oxygen atoms in total. The van der Waals surface area contributed by atoms with Crippen LogP contribution in [0.1, 0.15) is 13.3 Å². The van der Waals surface area contributed by atoms with Crippen LogP contribution < -0.4 is 5.73 Å². The molecule has 1 unspecified atom stereocenters. The van der Waals surface area contributed by atoms with Gasteiger partial charge in [-0.25, -0.2) is 13.2 Å². The minimum atomic E-state index is -3.20. The van der Waals surface area contributed by atoms with Crippen molar-refractivity contribution in [2.75, 3.05) is 13.2 Å². The van der Waals surface area contributed by atoms with Gasteiger partial charge < -0.3 is 5.73 Å². The van der Waals surface area contributed by atoms with Gasteiger partial charge in [0, 0.05) is 5.92 Å². The molecule has 0 aliphatic carbocycles. The number of halogens is 3. The molecule has 1 atom stereocenters. The van der Waals surface area contributed by atoms with Crippen molar-refractivity contribution in [3.8, 4) is 0 Å². The fourth-order valence-electron chi connectivity index (χ4n) is 0.593. The lowest BCUT2D eigenvalue weighted by molar-refractivity contribution is -0.0715. The Kier molecular flexibility index (Phi) is 3.71. The van der Waals surface area contributed by atoms with E-state index in [4.69, 9.17) is 5.73 Å². The van der Waals surface area contributed by atoms with Gasteiger partial charge in [-0.05, 0) is 13.0 Å². The second-order valence-corrected chi connectivity index (χ2v) is 2.37. The Balaban J connectivity index is 3.78. The molecule has 0 saturated carbocycles. The molecule has 0 spiro atoms. The molecule has 0 bridgehead atoms. The standard InChI is InChI=1S/C6H12F3N/c1-5(2-3-10)6(8,9)4-7/h5H,2-4,10H2,1H3. The number of hydrogen-bond donors (Lipinski definition) is 1. The van der Waals surface area contributed by atoms with Gasteiger partial charge in [0.15, 0.2) is 6.67 Å². The van der Waals surface area contributed by atoms with Crippen LogP contribution >= 0.6 is 0 Å². The van der Waals surface area contributed by atoms with E-state index in [-0.39, 0.29) is 13.0 Å². The van der Waals surface area contributed by atoms with Gasteiger partial charge in [0.25, 0.3) is 5.92 Å². The minimum Gasteiger partial charge on any atom is -0.330 e. The third-order valence-electron chi connectivity index (χ3n) is 1.50. The van der Waals surface area contributed by atoms with Crippen LogP contribution in [0.2, 0.25) is 0 Å².